The molecule has 0 saturated carbocycles. The summed E-state index contributed by atoms with van der Waals surface area (Å²) in [6.45, 7) is 3.61. The summed E-state index contributed by atoms with van der Waals surface area (Å²) in [6, 6.07) is 3.06. The largest absolute Gasteiger partial charge is 0.489 e. The van der Waals surface area contributed by atoms with Gasteiger partial charge in [-0.1, -0.05) is 0 Å². The second-order valence-corrected chi connectivity index (χ2v) is 3.85. The molecular formula is C10H13F2NO. The van der Waals surface area contributed by atoms with Gasteiger partial charge >= 0.3 is 0 Å². The summed E-state index contributed by atoms with van der Waals surface area (Å²) in [5.41, 5.74) is 5.06. The number of nitrogens with two attached hydrogens (primary N) is 1. The van der Waals surface area contributed by atoms with E-state index in [0.29, 0.717) is 0 Å². The highest BCUT2D eigenvalue weighted by molar-refractivity contribution is 5.24. The highest BCUT2D eigenvalue weighted by Gasteiger charge is 2.13. The minimum absolute atomic E-state index is 0.108. The molecule has 0 aliphatic rings. The molecule has 0 aromatic heterocycles. The number of hydrogen-bond acceptors (Lipinski definition) is 2. The van der Waals surface area contributed by atoms with Crippen LogP contribution in [0.5, 0.6) is 5.75 Å². The molecule has 0 saturated heterocycles. The lowest BCUT2D eigenvalue weighted by Crippen LogP contribution is -2.38. The minimum Gasteiger partial charge on any atom is -0.489 e. The second kappa shape index (κ2) is 3.92. The molecule has 0 aliphatic carbocycles. The number of benzene rings is 1. The molecule has 78 valence electrons. The van der Waals surface area contributed by atoms with Crippen molar-refractivity contribution in [3.8, 4) is 5.75 Å². The van der Waals surface area contributed by atoms with Gasteiger partial charge in [-0.15, -0.1) is 0 Å². The Hall–Kier alpha value is -1.16. The Balaban J connectivity index is 2.72. The number of ether oxygens (including phenoxy) is 1. The van der Waals surface area contributed by atoms with E-state index in [1.807, 2.05) is 0 Å². The zero-order valence-electron chi connectivity index (χ0n) is 8.18. The summed E-state index contributed by atoms with van der Waals surface area (Å²) in [6.07, 6.45) is 0. The summed E-state index contributed by atoms with van der Waals surface area (Å²) >= 11 is 0. The van der Waals surface area contributed by atoms with Gasteiger partial charge in [0.15, 0.2) is 11.6 Å². The first-order valence-corrected chi connectivity index (χ1v) is 4.25. The van der Waals surface area contributed by atoms with E-state index in [4.69, 9.17) is 10.5 Å². The quantitative estimate of drug-likeness (QED) is 0.812. The topological polar surface area (TPSA) is 35.2 Å². The van der Waals surface area contributed by atoms with Crippen molar-refractivity contribution in [1.82, 2.24) is 0 Å². The van der Waals surface area contributed by atoms with Gasteiger partial charge in [0.05, 0.1) is 0 Å². The Kier molecular flexibility index (Phi) is 3.06. The van der Waals surface area contributed by atoms with Crippen LogP contribution >= 0.6 is 0 Å². The van der Waals surface area contributed by atoms with Crippen molar-refractivity contribution in [2.45, 2.75) is 19.4 Å². The third kappa shape index (κ3) is 3.30. The predicted octanol–water partition coefficient (Wildman–Crippen LogP) is 2.08. The van der Waals surface area contributed by atoms with Gasteiger partial charge < -0.3 is 10.5 Å². The first-order chi connectivity index (χ1) is 6.38. The molecule has 4 heteroatoms. The normalized spacial score (nSPS) is 11.5. The zero-order valence-corrected chi connectivity index (χ0v) is 8.18. The molecule has 0 unspecified atom stereocenters. The molecule has 14 heavy (non-hydrogen) atoms. The van der Waals surface area contributed by atoms with Crippen LogP contribution in [0, 0.1) is 11.6 Å². The van der Waals surface area contributed by atoms with Gasteiger partial charge in [0.1, 0.15) is 12.4 Å². The maximum absolute atomic E-state index is 13.0. The summed E-state index contributed by atoms with van der Waals surface area (Å²) in [5.74, 6) is -1.23. The van der Waals surface area contributed by atoms with Crippen molar-refractivity contribution in [3.63, 3.8) is 0 Å². The lowest BCUT2D eigenvalue weighted by molar-refractivity contribution is 0.233. The third-order valence-corrected chi connectivity index (χ3v) is 1.49. The maximum Gasteiger partial charge on any atom is 0.165 e. The molecule has 0 aliphatic heterocycles. The van der Waals surface area contributed by atoms with Gasteiger partial charge in [0.2, 0.25) is 0 Å². The van der Waals surface area contributed by atoms with Gasteiger partial charge in [0, 0.05) is 11.6 Å². The van der Waals surface area contributed by atoms with Crippen LogP contribution in [0.3, 0.4) is 0 Å². The summed E-state index contributed by atoms with van der Waals surface area (Å²) in [5, 5.41) is 0. The van der Waals surface area contributed by atoms with Crippen LogP contribution in [0.15, 0.2) is 18.2 Å². The predicted molar refractivity (Wildman–Crippen MR) is 50.1 cm³/mol. The molecule has 0 fully saturated rings. The molecule has 1 aromatic rings. The number of hydrogen-bond donors (Lipinski definition) is 1. The van der Waals surface area contributed by atoms with Gasteiger partial charge in [0.25, 0.3) is 0 Å². The highest BCUT2D eigenvalue weighted by Crippen LogP contribution is 2.18. The summed E-state index contributed by atoms with van der Waals surface area (Å²) in [7, 11) is 0. The molecule has 2 nitrogen and oxygen atoms in total. The van der Waals surface area contributed by atoms with Crippen LogP contribution in [-0.4, -0.2) is 12.1 Å². The van der Waals surface area contributed by atoms with E-state index >= 15 is 0 Å². The fraction of sp³-hybridized carbons (Fsp3) is 0.400. The Morgan fingerprint density at radius 2 is 2.00 bits per heavy atom. The second-order valence-electron chi connectivity index (χ2n) is 3.85. The lowest BCUT2D eigenvalue weighted by Gasteiger charge is -2.19. The molecule has 0 amide bonds. The minimum atomic E-state index is -0.587. The smallest absolute Gasteiger partial charge is 0.165 e. The van der Waals surface area contributed by atoms with Crippen LogP contribution < -0.4 is 10.5 Å². The van der Waals surface area contributed by atoms with Crippen LogP contribution in [0.2, 0.25) is 0 Å². The lowest BCUT2D eigenvalue weighted by atomic mass is 10.1. The SMILES string of the molecule is CC(C)(N)COc1cc(F)ccc1F. The van der Waals surface area contributed by atoms with Crippen molar-refractivity contribution >= 4 is 0 Å². The Bertz CT molecular complexity index is 320. The van der Waals surface area contributed by atoms with E-state index in [0.717, 1.165) is 18.2 Å². The average Bonchev–Trinajstić information content (AvgIpc) is 2.05. The molecule has 0 atom stereocenters. The monoisotopic (exact) mass is 201 g/mol. The summed E-state index contributed by atoms with van der Waals surface area (Å²) < 4.78 is 30.7. The summed E-state index contributed by atoms with van der Waals surface area (Å²) in [4.78, 5) is 0. The fourth-order valence-corrected chi connectivity index (χ4v) is 0.852. The first kappa shape index (κ1) is 10.9. The van der Waals surface area contributed by atoms with E-state index in [2.05, 4.69) is 0 Å². The van der Waals surface area contributed by atoms with Crippen molar-refractivity contribution in [3.05, 3.63) is 29.8 Å². The molecule has 1 rings (SSSR count). The molecule has 0 spiro atoms. The van der Waals surface area contributed by atoms with Gasteiger partial charge in [-0.2, -0.15) is 0 Å². The van der Waals surface area contributed by atoms with Crippen molar-refractivity contribution in [2.75, 3.05) is 6.61 Å². The Morgan fingerprint density at radius 1 is 1.36 bits per heavy atom. The van der Waals surface area contributed by atoms with E-state index in [1.54, 1.807) is 13.8 Å². The zero-order chi connectivity index (χ0) is 10.8. The van der Waals surface area contributed by atoms with E-state index < -0.39 is 17.2 Å². The van der Waals surface area contributed by atoms with Crippen LogP contribution in [0.4, 0.5) is 8.78 Å². The van der Waals surface area contributed by atoms with Crippen molar-refractivity contribution in [1.29, 1.82) is 0 Å². The van der Waals surface area contributed by atoms with Crippen molar-refractivity contribution in [2.24, 2.45) is 5.73 Å². The molecule has 0 radical (unpaired) electrons. The molecule has 0 bridgehead atoms. The first-order valence-electron chi connectivity index (χ1n) is 4.25. The standard InChI is InChI=1S/C10H13F2NO/c1-10(2,13)6-14-9-5-7(11)3-4-8(9)12/h3-5H,6,13H2,1-2H3. The van der Waals surface area contributed by atoms with E-state index in [-0.39, 0.29) is 12.4 Å². The number of halogens is 2. The van der Waals surface area contributed by atoms with Crippen LogP contribution in [0.25, 0.3) is 0 Å². The molecule has 1 aromatic carbocycles. The van der Waals surface area contributed by atoms with Gasteiger partial charge in [-0.05, 0) is 26.0 Å². The maximum atomic E-state index is 13.0. The average molecular weight is 201 g/mol. The van der Waals surface area contributed by atoms with Gasteiger partial charge in [-0.25, -0.2) is 8.78 Å². The molecule has 0 heterocycles. The van der Waals surface area contributed by atoms with Crippen LogP contribution in [0.1, 0.15) is 13.8 Å². The van der Waals surface area contributed by atoms with Gasteiger partial charge in [-0.3, -0.25) is 0 Å². The van der Waals surface area contributed by atoms with Crippen LogP contribution in [-0.2, 0) is 0 Å². The van der Waals surface area contributed by atoms with E-state index in [9.17, 15) is 8.78 Å². The molecular weight excluding hydrogens is 188 g/mol. The number of rotatable bonds is 3. The fourth-order valence-electron chi connectivity index (χ4n) is 0.852. The third-order valence-electron chi connectivity index (χ3n) is 1.49. The Labute approximate surface area is 81.7 Å². The van der Waals surface area contributed by atoms with E-state index in [1.165, 1.54) is 0 Å². The molecule has 2 N–H and O–H groups in total. The highest BCUT2D eigenvalue weighted by atomic mass is 19.1. The van der Waals surface area contributed by atoms with Crippen molar-refractivity contribution < 1.29 is 13.5 Å². The Morgan fingerprint density at radius 3 is 2.57 bits per heavy atom.